The summed E-state index contributed by atoms with van der Waals surface area (Å²) in [7, 11) is 1.69. The lowest BCUT2D eigenvalue weighted by Crippen LogP contribution is -2.34. The van der Waals surface area contributed by atoms with E-state index in [4.69, 9.17) is 16.3 Å². The molecular weight excluding hydrogens is 484 g/mol. The molecule has 0 bridgehead atoms. The van der Waals surface area contributed by atoms with Crippen LogP contribution < -0.4 is 10.1 Å². The summed E-state index contributed by atoms with van der Waals surface area (Å²) in [6, 6.07) is 16.1. The Bertz CT molecular complexity index is 1470. The zero-order chi connectivity index (χ0) is 25.9. The number of nitrogens with one attached hydrogen (secondary N) is 1. The van der Waals surface area contributed by atoms with Crippen LogP contribution in [0.1, 0.15) is 33.5 Å². The molecule has 0 aliphatic carbocycles. The molecule has 37 heavy (non-hydrogen) atoms. The van der Waals surface area contributed by atoms with E-state index in [1.807, 2.05) is 17.6 Å². The Balaban J connectivity index is 1.42. The van der Waals surface area contributed by atoms with E-state index in [2.05, 4.69) is 70.7 Å². The minimum absolute atomic E-state index is 0.142. The minimum atomic E-state index is -0.142. The molecule has 0 spiro atoms. The highest BCUT2D eigenvalue weighted by Crippen LogP contribution is 2.35. The molecule has 0 radical (unpaired) electrons. The first kappa shape index (κ1) is 25.1. The third kappa shape index (κ3) is 5.41. The molecule has 2 aromatic carbocycles. The average Bonchev–Trinajstić information content (AvgIpc) is 3.20. The zero-order valence-corrected chi connectivity index (χ0v) is 22.2. The molecule has 0 unspecified atom stereocenters. The number of fused-ring (bicyclic) bond motifs is 3. The first-order valence-electron chi connectivity index (χ1n) is 12.5. The molecule has 7 heteroatoms. The summed E-state index contributed by atoms with van der Waals surface area (Å²) in [5.74, 6) is 0.829. The molecule has 3 heterocycles. The Morgan fingerprint density at radius 3 is 2.73 bits per heavy atom. The van der Waals surface area contributed by atoms with Gasteiger partial charge < -0.3 is 10.1 Å². The van der Waals surface area contributed by atoms with E-state index in [9.17, 15) is 4.79 Å². The summed E-state index contributed by atoms with van der Waals surface area (Å²) in [6.07, 6.45) is 6.82. The number of pyridine rings is 1. The Morgan fingerprint density at radius 1 is 1.16 bits per heavy atom. The van der Waals surface area contributed by atoms with Crippen molar-refractivity contribution in [2.75, 3.05) is 20.2 Å². The van der Waals surface area contributed by atoms with Crippen LogP contribution in [-0.4, -0.2) is 40.7 Å². The van der Waals surface area contributed by atoms with Crippen molar-refractivity contribution in [2.45, 2.75) is 33.4 Å². The first-order valence-corrected chi connectivity index (χ1v) is 12.9. The van der Waals surface area contributed by atoms with E-state index in [0.29, 0.717) is 11.7 Å². The molecule has 4 aromatic rings. The van der Waals surface area contributed by atoms with E-state index < -0.39 is 0 Å². The van der Waals surface area contributed by atoms with Gasteiger partial charge in [-0.25, -0.2) is 9.78 Å². The molecule has 190 valence electrons. The van der Waals surface area contributed by atoms with Gasteiger partial charge in [0.2, 0.25) is 0 Å². The van der Waals surface area contributed by atoms with Gasteiger partial charge in [0, 0.05) is 49.9 Å². The fraction of sp³-hybridized carbons (Fsp3) is 0.267. The van der Waals surface area contributed by atoms with Crippen molar-refractivity contribution in [3.63, 3.8) is 0 Å². The van der Waals surface area contributed by atoms with Gasteiger partial charge in [-0.1, -0.05) is 53.6 Å². The van der Waals surface area contributed by atoms with Gasteiger partial charge >= 0.3 is 6.03 Å². The number of methoxy groups -OCH3 is 1. The lowest BCUT2D eigenvalue weighted by molar-refractivity contribution is 0.240. The van der Waals surface area contributed by atoms with Crippen LogP contribution in [0.4, 0.5) is 4.79 Å². The van der Waals surface area contributed by atoms with Crippen LogP contribution in [-0.2, 0) is 19.5 Å². The molecule has 1 amide bonds. The maximum Gasteiger partial charge on any atom is 0.326 e. The fourth-order valence-corrected chi connectivity index (χ4v) is 5.17. The largest absolute Gasteiger partial charge is 0.496 e. The van der Waals surface area contributed by atoms with E-state index in [1.165, 1.54) is 16.7 Å². The number of rotatable bonds is 6. The molecule has 2 aromatic heterocycles. The van der Waals surface area contributed by atoms with Crippen LogP contribution >= 0.6 is 11.6 Å². The number of ether oxygens (including phenoxy) is 1. The second-order valence-electron chi connectivity index (χ2n) is 9.54. The summed E-state index contributed by atoms with van der Waals surface area (Å²) < 4.78 is 7.47. The molecule has 0 fully saturated rings. The zero-order valence-electron chi connectivity index (χ0n) is 21.4. The standard InChI is InChI=1S/C30H31ClN4O2/c1-20-6-8-22(9-7-20)5-4-13-34-14-11-26-25(19-34)24-17-28(37-3)21(2)15-27(24)35(26)30(36)33-18-23-10-12-32-29(31)16-23/h4-10,12,15-17H,11,13-14,18-19H2,1-3H3,(H,33,36)/b5-4+. The molecule has 1 aliphatic rings. The normalized spacial score (nSPS) is 13.7. The number of nitrogens with zero attached hydrogens (tertiary/aromatic N) is 3. The van der Waals surface area contributed by atoms with Gasteiger partial charge in [0.15, 0.2) is 0 Å². The Hall–Kier alpha value is -3.61. The number of hydrogen-bond donors (Lipinski definition) is 1. The predicted molar refractivity (Wildman–Crippen MR) is 149 cm³/mol. The van der Waals surface area contributed by atoms with Gasteiger partial charge in [-0.05, 0) is 60.4 Å². The molecule has 1 N–H and O–H groups in total. The molecule has 0 saturated heterocycles. The minimum Gasteiger partial charge on any atom is -0.496 e. The predicted octanol–water partition coefficient (Wildman–Crippen LogP) is 6.14. The highest BCUT2D eigenvalue weighted by molar-refractivity contribution is 6.29. The van der Waals surface area contributed by atoms with Crippen LogP contribution in [0.15, 0.2) is 60.8 Å². The SMILES string of the molecule is COc1cc2c3c(n(C(=O)NCc4ccnc(Cl)c4)c2cc1C)CCN(C/C=C/c1ccc(C)cc1)C3. The Labute approximate surface area is 222 Å². The number of halogens is 1. The molecule has 1 aliphatic heterocycles. The van der Waals surface area contributed by atoms with Gasteiger partial charge in [0.25, 0.3) is 0 Å². The number of carbonyl (C=O) groups excluding carboxylic acids is 1. The lowest BCUT2D eigenvalue weighted by Gasteiger charge is -2.27. The fourth-order valence-electron chi connectivity index (χ4n) is 4.97. The van der Waals surface area contributed by atoms with E-state index >= 15 is 0 Å². The van der Waals surface area contributed by atoms with Crippen molar-refractivity contribution in [1.82, 2.24) is 19.8 Å². The lowest BCUT2D eigenvalue weighted by atomic mass is 10.0. The van der Waals surface area contributed by atoms with Gasteiger partial charge in [-0.3, -0.25) is 9.47 Å². The average molecular weight is 515 g/mol. The van der Waals surface area contributed by atoms with Crippen molar-refractivity contribution < 1.29 is 9.53 Å². The number of carbonyl (C=O) groups is 1. The second-order valence-corrected chi connectivity index (χ2v) is 9.93. The quantitative estimate of drug-likeness (QED) is 0.314. The summed E-state index contributed by atoms with van der Waals surface area (Å²) in [4.78, 5) is 19.9. The van der Waals surface area contributed by atoms with Gasteiger partial charge in [0.05, 0.1) is 12.6 Å². The van der Waals surface area contributed by atoms with Crippen molar-refractivity contribution >= 4 is 34.6 Å². The first-order chi connectivity index (χ1) is 17.9. The molecular formula is C30H31ClN4O2. The number of benzene rings is 2. The number of aromatic nitrogens is 2. The number of hydrogen-bond acceptors (Lipinski definition) is 4. The summed E-state index contributed by atoms with van der Waals surface area (Å²) in [6.45, 7) is 6.98. The smallest absolute Gasteiger partial charge is 0.326 e. The molecule has 6 nitrogen and oxygen atoms in total. The topological polar surface area (TPSA) is 59.4 Å². The van der Waals surface area contributed by atoms with Crippen LogP contribution in [0.5, 0.6) is 5.75 Å². The third-order valence-electron chi connectivity index (χ3n) is 6.93. The van der Waals surface area contributed by atoms with Crippen LogP contribution in [0.25, 0.3) is 17.0 Å². The van der Waals surface area contributed by atoms with Crippen molar-refractivity contribution in [1.29, 1.82) is 0 Å². The van der Waals surface area contributed by atoms with Gasteiger partial charge in [0.1, 0.15) is 10.9 Å². The maximum absolute atomic E-state index is 13.5. The van der Waals surface area contributed by atoms with E-state index in [1.54, 1.807) is 19.4 Å². The molecule has 0 atom stereocenters. The monoisotopic (exact) mass is 514 g/mol. The highest BCUT2D eigenvalue weighted by atomic mass is 35.5. The molecule has 0 saturated carbocycles. The van der Waals surface area contributed by atoms with Crippen molar-refractivity contribution in [3.05, 3.63) is 99.5 Å². The Morgan fingerprint density at radius 2 is 1.97 bits per heavy atom. The van der Waals surface area contributed by atoms with Crippen LogP contribution in [0, 0.1) is 13.8 Å². The van der Waals surface area contributed by atoms with Crippen LogP contribution in [0.3, 0.4) is 0 Å². The van der Waals surface area contributed by atoms with Gasteiger partial charge in [-0.2, -0.15) is 0 Å². The van der Waals surface area contributed by atoms with Gasteiger partial charge in [-0.15, -0.1) is 0 Å². The highest BCUT2D eigenvalue weighted by Gasteiger charge is 2.27. The van der Waals surface area contributed by atoms with E-state index in [0.717, 1.165) is 59.5 Å². The number of amides is 1. The van der Waals surface area contributed by atoms with Crippen LogP contribution in [0.2, 0.25) is 5.15 Å². The summed E-state index contributed by atoms with van der Waals surface area (Å²) >= 11 is 6.02. The van der Waals surface area contributed by atoms with E-state index in [-0.39, 0.29) is 6.03 Å². The second kappa shape index (κ2) is 10.8. The summed E-state index contributed by atoms with van der Waals surface area (Å²) in [5, 5.41) is 4.54. The maximum atomic E-state index is 13.5. The van der Waals surface area contributed by atoms with Crippen molar-refractivity contribution in [2.24, 2.45) is 0 Å². The van der Waals surface area contributed by atoms with Crippen molar-refractivity contribution in [3.8, 4) is 5.75 Å². The molecule has 5 rings (SSSR count). The number of aryl methyl sites for hydroxylation is 2. The Kier molecular flexibility index (Phi) is 7.31. The third-order valence-corrected chi connectivity index (χ3v) is 7.14. The summed E-state index contributed by atoms with van der Waals surface area (Å²) in [5.41, 5.74) is 7.52.